The second-order valence-electron chi connectivity index (χ2n) is 4.95. The van der Waals surface area contributed by atoms with Crippen LogP contribution in [0.5, 0.6) is 11.5 Å². The largest absolute Gasteiger partial charge is 0.456 e. The molecule has 20 heavy (non-hydrogen) atoms. The average Bonchev–Trinajstić information content (AvgIpc) is 2.38. The maximum Gasteiger partial charge on any atom is 0.163 e. The molecule has 0 N–H and O–H groups in total. The van der Waals surface area contributed by atoms with Crippen LogP contribution in [0, 0.1) is 26.6 Å². The lowest BCUT2D eigenvalue weighted by Crippen LogP contribution is -2.01. The molecule has 0 heterocycles. The van der Waals surface area contributed by atoms with Gasteiger partial charge in [0.25, 0.3) is 0 Å². The Bertz CT molecular complexity index is 675. The van der Waals surface area contributed by atoms with Gasteiger partial charge in [0.05, 0.1) is 5.56 Å². The summed E-state index contributed by atoms with van der Waals surface area (Å²) in [6, 6.07) is 8.52. The van der Waals surface area contributed by atoms with Crippen molar-refractivity contribution in [3.05, 3.63) is 58.4 Å². The molecule has 2 nitrogen and oxygen atoms in total. The second-order valence-corrected chi connectivity index (χ2v) is 4.95. The van der Waals surface area contributed by atoms with E-state index in [1.807, 2.05) is 32.0 Å². The molecule has 0 aliphatic carbocycles. The van der Waals surface area contributed by atoms with Crippen molar-refractivity contribution in [3.8, 4) is 11.5 Å². The van der Waals surface area contributed by atoms with Gasteiger partial charge in [0.2, 0.25) is 0 Å². The Morgan fingerprint density at radius 3 is 2.40 bits per heavy atom. The van der Waals surface area contributed by atoms with E-state index in [-0.39, 0.29) is 11.3 Å². The zero-order valence-corrected chi connectivity index (χ0v) is 12.1. The van der Waals surface area contributed by atoms with Crippen LogP contribution in [0.3, 0.4) is 0 Å². The normalized spacial score (nSPS) is 10.4. The molecule has 2 rings (SSSR count). The summed E-state index contributed by atoms with van der Waals surface area (Å²) in [7, 11) is 0. The number of carbonyl (C=O) groups is 1. The molecule has 104 valence electrons. The van der Waals surface area contributed by atoms with E-state index in [4.69, 9.17) is 4.74 Å². The first-order chi connectivity index (χ1) is 9.40. The first-order valence-corrected chi connectivity index (χ1v) is 6.45. The molecule has 0 radical (unpaired) electrons. The van der Waals surface area contributed by atoms with Crippen LogP contribution in [0.1, 0.15) is 34.0 Å². The number of carbonyl (C=O) groups excluding carboxylic acids is 1. The van der Waals surface area contributed by atoms with Crippen molar-refractivity contribution in [2.75, 3.05) is 0 Å². The van der Waals surface area contributed by atoms with E-state index in [1.54, 1.807) is 13.0 Å². The number of aryl methyl sites for hydroxylation is 2. The third-order valence-corrected chi connectivity index (χ3v) is 3.41. The highest BCUT2D eigenvalue weighted by Gasteiger charge is 2.14. The van der Waals surface area contributed by atoms with Crippen molar-refractivity contribution < 1.29 is 13.9 Å². The molecule has 2 aromatic carbocycles. The first kappa shape index (κ1) is 14.3. The van der Waals surface area contributed by atoms with Crippen LogP contribution in [0.2, 0.25) is 0 Å². The lowest BCUT2D eigenvalue weighted by Gasteiger charge is -2.14. The van der Waals surface area contributed by atoms with Crippen molar-refractivity contribution in [2.45, 2.75) is 27.7 Å². The number of hydrogen-bond donors (Lipinski definition) is 0. The van der Waals surface area contributed by atoms with E-state index in [0.29, 0.717) is 17.1 Å². The van der Waals surface area contributed by atoms with Crippen LogP contribution < -0.4 is 4.74 Å². The monoisotopic (exact) mass is 272 g/mol. The van der Waals surface area contributed by atoms with Gasteiger partial charge >= 0.3 is 0 Å². The summed E-state index contributed by atoms with van der Waals surface area (Å²) in [6.07, 6.45) is 0. The molecule has 0 amide bonds. The quantitative estimate of drug-likeness (QED) is 0.754. The molecule has 0 aliphatic heterocycles. The van der Waals surface area contributed by atoms with Gasteiger partial charge in [-0.2, -0.15) is 0 Å². The van der Waals surface area contributed by atoms with Gasteiger partial charge in [0.1, 0.15) is 17.3 Å². The van der Waals surface area contributed by atoms with Gasteiger partial charge in [-0.3, -0.25) is 4.79 Å². The van der Waals surface area contributed by atoms with Crippen LogP contribution in [-0.2, 0) is 0 Å². The predicted molar refractivity (Wildman–Crippen MR) is 77.1 cm³/mol. The highest BCUT2D eigenvalue weighted by Crippen LogP contribution is 2.31. The third-order valence-electron chi connectivity index (χ3n) is 3.41. The summed E-state index contributed by atoms with van der Waals surface area (Å²) in [4.78, 5) is 11.6. The zero-order valence-electron chi connectivity index (χ0n) is 12.1. The number of hydrogen-bond acceptors (Lipinski definition) is 2. The van der Waals surface area contributed by atoms with E-state index >= 15 is 0 Å². The smallest absolute Gasteiger partial charge is 0.163 e. The maximum absolute atomic E-state index is 13.6. The molecule has 3 heteroatoms. The topological polar surface area (TPSA) is 26.3 Å². The van der Waals surface area contributed by atoms with E-state index in [0.717, 1.165) is 11.1 Å². The van der Waals surface area contributed by atoms with Crippen LogP contribution in [0.25, 0.3) is 0 Å². The minimum atomic E-state index is -0.400. The molecule has 0 unspecified atom stereocenters. The summed E-state index contributed by atoms with van der Waals surface area (Å²) in [6.45, 7) is 6.99. The lowest BCUT2D eigenvalue weighted by molar-refractivity contribution is 0.101. The molecule has 0 aliphatic rings. The fourth-order valence-electron chi connectivity index (χ4n) is 1.97. The van der Waals surface area contributed by atoms with Gasteiger partial charge in [-0.05, 0) is 62.6 Å². The summed E-state index contributed by atoms with van der Waals surface area (Å²) in [5.74, 6) is 0.455. The SMILES string of the molecule is CC(=O)c1cc(F)c(C)cc1Oc1cccc(C)c1C. The number of rotatable bonds is 3. The molecule has 0 bridgehead atoms. The molecule has 2 aromatic rings. The average molecular weight is 272 g/mol. The molecule has 0 aromatic heterocycles. The predicted octanol–water partition coefficient (Wildman–Crippen LogP) is 4.75. The second kappa shape index (κ2) is 5.45. The van der Waals surface area contributed by atoms with Crippen molar-refractivity contribution >= 4 is 5.78 Å². The highest BCUT2D eigenvalue weighted by molar-refractivity contribution is 5.97. The van der Waals surface area contributed by atoms with Gasteiger partial charge in [0.15, 0.2) is 5.78 Å². The Balaban J connectivity index is 2.50. The number of benzene rings is 2. The standard InChI is InChI=1S/C17H17FO2/c1-10-6-5-7-16(12(10)3)20-17-8-11(2)15(18)9-14(17)13(4)19/h5-9H,1-4H3. The van der Waals surface area contributed by atoms with Gasteiger partial charge in [0, 0.05) is 0 Å². The van der Waals surface area contributed by atoms with Crippen molar-refractivity contribution in [1.29, 1.82) is 0 Å². The van der Waals surface area contributed by atoms with E-state index in [2.05, 4.69) is 0 Å². The Hall–Kier alpha value is -2.16. The van der Waals surface area contributed by atoms with E-state index in [9.17, 15) is 9.18 Å². The van der Waals surface area contributed by atoms with Crippen LogP contribution in [-0.4, -0.2) is 5.78 Å². The number of ether oxygens (including phenoxy) is 1. The van der Waals surface area contributed by atoms with Crippen molar-refractivity contribution in [1.82, 2.24) is 0 Å². The minimum Gasteiger partial charge on any atom is -0.456 e. The molecule has 0 saturated carbocycles. The molecule has 0 atom stereocenters. The summed E-state index contributed by atoms with van der Waals surface area (Å²) >= 11 is 0. The Kier molecular flexibility index (Phi) is 3.89. The van der Waals surface area contributed by atoms with Crippen molar-refractivity contribution in [3.63, 3.8) is 0 Å². The van der Waals surface area contributed by atoms with Crippen LogP contribution in [0.4, 0.5) is 4.39 Å². The highest BCUT2D eigenvalue weighted by atomic mass is 19.1. The first-order valence-electron chi connectivity index (χ1n) is 6.45. The third kappa shape index (κ3) is 2.72. The summed E-state index contributed by atoms with van der Waals surface area (Å²) < 4.78 is 19.4. The number of halogens is 1. The minimum absolute atomic E-state index is 0.218. The van der Waals surface area contributed by atoms with Crippen molar-refractivity contribution in [2.24, 2.45) is 0 Å². The zero-order chi connectivity index (χ0) is 14.9. The van der Waals surface area contributed by atoms with Gasteiger partial charge in [-0.25, -0.2) is 4.39 Å². The molecule has 0 fully saturated rings. The molecule has 0 saturated heterocycles. The maximum atomic E-state index is 13.6. The Morgan fingerprint density at radius 1 is 1.05 bits per heavy atom. The fourth-order valence-corrected chi connectivity index (χ4v) is 1.97. The molecular weight excluding hydrogens is 255 g/mol. The lowest BCUT2D eigenvalue weighted by atomic mass is 10.1. The Labute approximate surface area is 118 Å². The van der Waals surface area contributed by atoms with E-state index in [1.165, 1.54) is 13.0 Å². The van der Waals surface area contributed by atoms with Crippen LogP contribution in [0.15, 0.2) is 30.3 Å². The van der Waals surface area contributed by atoms with Gasteiger partial charge in [-0.1, -0.05) is 12.1 Å². The van der Waals surface area contributed by atoms with Gasteiger partial charge < -0.3 is 4.74 Å². The van der Waals surface area contributed by atoms with E-state index < -0.39 is 5.82 Å². The number of Topliss-reactive ketones (excluding diaryl/α,β-unsaturated/α-hetero) is 1. The molecular formula is C17H17FO2. The fraction of sp³-hybridized carbons (Fsp3) is 0.235. The van der Waals surface area contributed by atoms with Gasteiger partial charge in [-0.15, -0.1) is 0 Å². The summed E-state index contributed by atoms with van der Waals surface area (Å²) in [5, 5.41) is 0. The summed E-state index contributed by atoms with van der Waals surface area (Å²) in [5.41, 5.74) is 2.82. The number of ketones is 1. The van der Waals surface area contributed by atoms with Crippen LogP contribution >= 0.6 is 0 Å². The Morgan fingerprint density at radius 2 is 1.75 bits per heavy atom. The molecule has 0 spiro atoms.